The van der Waals surface area contributed by atoms with Crippen LogP contribution in [0.2, 0.25) is 5.02 Å². The molecule has 1 unspecified atom stereocenters. The number of rotatable bonds is 3. The lowest BCUT2D eigenvalue weighted by Gasteiger charge is -2.19. The van der Waals surface area contributed by atoms with Crippen molar-refractivity contribution in [3.05, 3.63) is 21.3 Å². The standard InChI is InChI=1S/C11H17ClOS/c1-11(2,3)5-4-9(13)10-6-8(12)7-14-10/h6-7,9,13H,4-5H2,1-3H3. The van der Waals surface area contributed by atoms with Gasteiger partial charge in [0.2, 0.25) is 0 Å². The van der Waals surface area contributed by atoms with Crippen molar-refractivity contribution in [1.29, 1.82) is 0 Å². The van der Waals surface area contributed by atoms with E-state index >= 15 is 0 Å². The summed E-state index contributed by atoms with van der Waals surface area (Å²) in [6.07, 6.45) is 1.47. The lowest BCUT2D eigenvalue weighted by atomic mass is 9.89. The number of hydrogen-bond donors (Lipinski definition) is 1. The Morgan fingerprint density at radius 2 is 2.14 bits per heavy atom. The van der Waals surface area contributed by atoms with Crippen LogP contribution in [0.15, 0.2) is 11.4 Å². The highest BCUT2D eigenvalue weighted by molar-refractivity contribution is 7.10. The number of aliphatic hydroxyl groups is 1. The summed E-state index contributed by atoms with van der Waals surface area (Å²) in [7, 11) is 0. The first-order valence-electron chi connectivity index (χ1n) is 4.80. The molecule has 1 N–H and O–H groups in total. The quantitative estimate of drug-likeness (QED) is 0.826. The van der Waals surface area contributed by atoms with Crippen molar-refractivity contribution in [3.63, 3.8) is 0 Å². The van der Waals surface area contributed by atoms with E-state index in [1.807, 2.05) is 11.4 Å². The summed E-state index contributed by atoms with van der Waals surface area (Å²) in [4.78, 5) is 0.972. The summed E-state index contributed by atoms with van der Waals surface area (Å²) in [5, 5.41) is 12.4. The molecule has 0 aliphatic rings. The normalized spacial score (nSPS) is 14.4. The molecule has 0 bridgehead atoms. The molecule has 14 heavy (non-hydrogen) atoms. The fraction of sp³-hybridized carbons (Fsp3) is 0.636. The van der Waals surface area contributed by atoms with E-state index in [9.17, 15) is 5.11 Å². The summed E-state index contributed by atoms with van der Waals surface area (Å²) >= 11 is 7.32. The van der Waals surface area contributed by atoms with E-state index in [0.717, 1.165) is 22.7 Å². The molecule has 1 nitrogen and oxygen atoms in total. The van der Waals surface area contributed by atoms with Gasteiger partial charge >= 0.3 is 0 Å². The molecular weight excluding hydrogens is 216 g/mol. The van der Waals surface area contributed by atoms with E-state index in [1.54, 1.807) is 0 Å². The van der Waals surface area contributed by atoms with Crippen LogP contribution in [0, 0.1) is 5.41 Å². The molecule has 0 aromatic carbocycles. The Labute approximate surface area is 94.7 Å². The predicted octanol–water partition coefficient (Wildman–Crippen LogP) is 4.26. The van der Waals surface area contributed by atoms with Gasteiger partial charge in [-0.15, -0.1) is 11.3 Å². The Kier molecular flexibility index (Phi) is 3.99. The maximum absolute atomic E-state index is 9.85. The Balaban J connectivity index is 2.47. The van der Waals surface area contributed by atoms with E-state index in [2.05, 4.69) is 20.8 Å². The minimum absolute atomic E-state index is 0.280. The summed E-state index contributed by atoms with van der Waals surface area (Å²) in [5.74, 6) is 0. The number of halogens is 1. The van der Waals surface area contributed by atoms with Crippen LogP contribution >= 0.6 is 22.9 Å². The van der Waals surface area contributed by atoms with E-state index < -0.39 is 0 Å². The molecule has 3 heteroatoms. The molecule has 0 radical (unpaired) electrons. The van der Waals surface area contributed by atoms with Gasteiger partial charge in [0.25, 0.3) is 0 Å². The Hall–Kier alpha value is -0.0500. The van der Waals surface area contributed by atoms with Crippen LogP contribution in [0.25, 0.3) is 0 Å². The third kappa shape index (κ3) is 3.99. The average molecular weight is 233 g/mol. The molecule has 1 heterocycles. The van der Waals surface area contributed by atoms with Crippen molar-refractivity contribution in [2.45, 2.75) is 39.7 Å². The molecule has 0 aliphatic heterocycles. The molecule has 0 amide bonds. The van der Waals surface area contributed by atoms with E-state index in [4.69, 9.17) is 11.6 Å². The van der Waals surface area contributed by atoms with Crippen molar-refractivity contribution in [3.8, 4) is 0 Å². The second kappa shape index (κ2) is 4.65. The van der Waals surface area contributed by atoms with E-state index in [-0.39, 0.29) is 11.5 Å². The predicted molar refractivity (Wildman–Crippen MR) is 63.0 cm³/mol. The highest BCUT2D eigenvalue weighted by atomic mass is 35.5. The highest BCUT2D eigenvalue weighted by Crippen LogP contribution is 2.31. The molecule has 0 saturated heterocycles. The Morgan fingerprint density at radius 1 is 1.50 bits per heavy atom. The highest BCUT2D eigenvalue weighted by Gasteiger charge is 2.15. The van der Waals surface area contributed by atoms with Crippen molar-refractivity contribution < 1.29 is 5.11 Å². The van der Waals surface area contributed by atoms with Crippen LogP contribution in [-0.4, -0.2) is 5.11 Å². The number of hydrogen-bond acceptors (Lipinski definition) is 2. The summed E-state index contributed by atoms with van der Waals surface area (Å²) in [5.41, 5.74) is 0.280. The van der Waals surface area contributed by atoms with Crippen LogP contribution in [-0.2, 0) is 0 Å². The van der Waals surface area contributed by atoms with Gasteiger partial charge in [-0.3, -0.25) is 0 Å². The fourth-order valence-electron chi connectivity index (χ4n) is 1.22. The van der Waals surface area contributed by atoms with Crippen LogP contribution in [0.4, 0.5) is 0 Å². The fourth-order valence-corrected chi connectivity index (χ4v) is 2.32. The van der Waals surface area contributed by atoms with Gasteiger partial charge in [-0.25, -0.2) is 0 Å². The third-order valence-corrected chi connectivity index (χ3v) is 3.47. The molecule has 0 spiro atoms. The van der Waals surface area contributed by atoms with Gasteiger partial charge in [0.15, 0.2) is 0 Å². The van der Waals surface area contributed by atoms with Gasteiger partial charge in [-0.2, -0.15) is 0 Å². The first-order valence-corrected chi connectivity index (χ1v) is 6.06. The van der Waals surface area contributed by atoms with Crippen LogP contribution in [0.3, 0.4) is 0 Å². The van der Waals surface area contributed by atoms with Gasteiger partial charge in [-0.1, -0.05) is 32.4 Å². The van der Waals surface area contributed by atoms with Crippen LogP contribution in [0.5, 0.6) is 0 Å². The molecule has 1 atom stereocenters. The first-order chi connectivity index (χ1) is 6.38. The molecular formula is C11H17ClOS. The molecule has 1 aromatic rings. The van der Waals surface area contributed by atoms with Gasteiger partial charge in [-0.05, 0) is 24.3 Å². The van der Waals surface area contributed by atoms with E-state index in [1.165, 1.54) is 11.3 Å². The average Bonchev–Trinajstić information content (AvgIpc) is 2.46. The van der Waals surface area contributed by atoms with Crippen molar-refractivity contribution >= 4 is 22.9 Å². The topological polar surface area (TPSA) is 20.2 Å². The summed E-state index contributed by atoms with van der Waals surface area (Å²) in [6.45, 7) is 6.55. The smallest absolute Gasteiger partial charge is 0.0882 e. The second-order valence-corrected chi connectivity index (χ2v) is 6.16. The largest absolute Gasteiger partial charge is 0.388 e. The molecule has 1 rings (SSSR count). The second-order valence-electron chi connectivity index (χ2n) is 4.78. The number of thiophene rings is 1. The van der Waals surface area contributed by atoms with Gasteiger partial charge in [0.1, 0.15) is 0 Å². The minimum atomic E-state index is -0.355. The zero-order valence-corrected chi connectivity index (χ0v) is 10.5. The first kappa shape index (κ1) is 12.0. The molecule has 0 aliphatic carbocycles. The van der Waals surface area contributed by atoms with Crippen molar-refractivity contribution in [2.75, 3.05) is 0 Å². The maximum atomic E-state index is 9.85. The Bertz CT molecular complexity index is 288. The third-order valence-electron chi connectivity index (χ3n) is 2.08. The summed E-state index contributed by atoms with van der Waals surface area (Å²) < 4.78 is 0. The van der Waals surface area contributed by atoms with Crippen molar-refractivity contribution in [2.24, 2.45) is 5.41 Å². The van der Waals surface area contributed by atoms with Crippen LogP contribution < -0.4 is 0 Å². The monoisotopic (exact) mass is 232 g/mol. The van der Waals surface area contributed by atoms with Crippen LogP contribution in [0.1, 0.15) is 44.6 Å². The molecule has 80 valence electrons. The van der Waals surface area contributed by atoms with Gasteiger partial charge < -0.3 is 5.11 Å². The van der Waals surface area contributed by atoms with Crippen molar-refractivity contribution in [1.82, 2.24) is 0 Å². The summed E-state index contributed by atoms with van der Waals surface area (Å²) in [6, 6.07) is 1.85. The zero-order valence-electron chi connectivity index (χ0n) is 8.88. The van der Waals surface area contributed by atoms with E-state index in [0.29, 0.717) is 0 Å². The van der Waals surface area contributed by atoms with Gasteiger partial charge in [0.05, 0.1) is 11.1 Å². The Morgan fingerprint density at radius 3 is 2.57 bits per heavy atom. The lowest BCUT2D eigenvalue weighted by molar-refractivity contribution is 0.151. The molecule has 0 fully saturated rings. The molecule has 0 saturated carbocycles. The molecule has 1 aromatic heterocycles. The SMILES string of the molecule is CC(C)(C)CCC(O)c1cc(Cl)cs1. The zero-order chi connectivity index (χ0) is 10.8. The maximum Gasteiger partial charge on any atom is 0.0882 e. The number of aliphatic hydroxyl groups excluding tert-OH is 1. The lowest BCUT2D eigenvalue weighted by Crippen LogP contribution is -2.07. The minimum Gasteiger partial charge on any atom is -0.388 e. The van der Waals surface area contributed by atoms with Gasteiger partial charge in [0, 0.05) is 10.3 Å².